The summed E-state index contributed by atoms with van der Waals surface area (Å²) in [5.41, 5.74) is 1.50. The standard InChI is InChI=1S/C15H20BrN.ClH/c16-14-9-2-1-8-13(14)15-10-5-7-12-6-3-4-11-17(12)15;/h1-2,8-9,12,15H,3-7,10-11H2;1H. The number of hydrogen-bond donors (Lipinski definition) is 0. The highest BCUT2D eigenvalue weighted by atomic mass is 79.9. The topological polar surface area (TPSA) is 3.24 Å². The van der Waals surface area contributed by atoms with Crippen molar-refractivity contribution in [3.05, 3.63) is 34.3 Å². The second kappa shape index (κ2) is 6.40. The molecule has 2 heterocycles. The highest BCUT2D eigenvalue weighted by molar-refractivity contribution is 9.10. The first-order chi connectivity index (χ1) is 8.36. The Labute approximate surface area is 124 Å². The summed E-state index contributed by atoms with van der Waals surface area (Å²) in [5, 5.41) is 0. The number of nitrogens with zero attached hydrogens (tertiary/aromatic N) is 1. The zero-order valence-electron chi connectivity index (χ0n) is 10.6. The van der Waals surface area contributed by atoms with E-state index in [0.717, 1.165) is 6.04 Å². The molecule has 3 heteroatoms. The van der Waals surface area contributed by atoms with Crippen LogP contribution in [0, 0.1) is 0 Å². The minimum Gasteiger partial charge on any atom is -0.293 e. The van der Waals surface area contributed by atoms with Crippen molar-refractivity contribution < 1.29 is 0 Å². The largest absolute Gasteiger partial charge is 0.293 e. The Morgan fingerprint density at radius 2 is 1.78 bits per heavy atom. The molecule has 1 nitrogen and oxygen atoms in total. The number of benzene rings is 1. The van der Waals surface area contributed by atoms with Gasteiger partial charge in [0.2, 0.25) is 0 Å². The first-order valence-corrected chi connectivity index (χ1v) is 7.66. The van der Waals surface area contributed by atoms with Crippen LogP contribution in [0.25, 0.3) is 0 Å². The Bertz CT molecular complexity index is 394. The third kappa shape index (κ3) is 2.76. The van der Waals surface area contributed by atoms with Crippen LogP contribution in [0.2, 0.25) is 0 Å². The van der Waals surface area contributed by atoms with E-state index in [9.17, 15) is 0 Å². The van der Waals surface area contributed by atoms with Gasteiger partial charge in [0, 0.05) is 16.6 Å². The molecular weight excluding hydrogens is 310 g/mol. The van der Waals surface area contributed by atoms with E-state index >= 15 is 0 Å². The van der Waals surface area contributed by atoms with Crippen LogP contribution in [0.5, 0.6) is 0 Å². The van der Waals surface area contributed by atoms with Gasteiger partial charge in [-0.2, -0.15) is 0 Å². The average Bonchev–Trinajstić information content (AvgIpc) is 2.39. The lowest BCUT2D eigenvalue weighted by Crippen LogP contribution is -2.44. The van der Waals surface area contributed by atoms with Crippen molar-refractivity contribution in [2.75, 3.05) is 6.54 Å². The Morgan fingerprint density at radius 1 is 1.00 bits per heavy atom. The van der Waals surface area contributed by atoms with E-state index < -0.39 is 0 Å². The molecule has 18 heavy (non-hydrogen) atoms. The predicted octanol–water partition coefficient (Wildman–Crippen LogP) is 4.95. The lowest BCUT2D eigenvalue weighted by atomic mass is 9.86. The minimum absolute atomic E-state index is 0. The van der Waals surface area contributed by atoms with Crippen molar-refractivity contribution in [1.29, 1.82) is 0 Å². The van der Waals surface area contributed by atoms with Crippen molar-refractivity contribution in [2.24, 2.45) is 0 Å². The van der Waals surface area contributed by atoms with Gasteiger partial charge in [0.05, 0.1) is 0 Å². The maximum absolute atomic E-state index is 3.72. The Morgan fingerprint density at radius 3 is 2.61 bits per heavy atom. The molecule has 0 saturated carbocycles. The molecule has 2 unspecified atom stereocenters. The molecule has 0 bridgehead atoms. The molecule has 2 saturated heterocycles. The predicted molar refractivity (Wildman–Crippen MR) is 82.3 cm³/mol. The fraction of sp³-hybridized carbons (Fsp3) is 0.600. The molecular formula is C15H21BrClN. The number of halogens is 2. The molecule has 2 fully saturated rings. The van der Waals surface area contributed by atoms with Gasteiger partial charge in [0.1, 0.15) is 0 Å². The molecule has 0 aliphatic carbocycles. The van der Waals surface area contributed by atoms with E-state index in [1.54, 1.807) is 0 Å². The normalized spacial score (nSPS) is 28.3. The Kier molecular flexibility index (Phi) is 5.11. The first-order valence-electron chi connectivity index (χ1n) is 6.86. The van der Waals surface area contributed by atoms with Crippen molar-refractivity contribution in [2.45, 2.75) is 50.6 Å². The molecule has 2 atom stereocenters. The van der Waals surface area contributed by atoms with Gasteiger partial charge in [0.15, 0.2) is 0 Å². The summed E-state index contributed by atoms with van der Waals surface area (Å²) in [6, 6.07) is 10.3. The summed E-state index contributed by atoms with van der Waals surface area (Å²) in [4.78, 5) is 2.77. The minimum atomic E-state index is 0. The fourth-order valence-electron chi connectivity index (χ4n) is 3.54. The van der Waals surface area contributed by atoms with Gasteiger partial charge in [-0.1, -0.05) is 40.5 Å². The second-order valence-corrected chi connectivity index (χ2v) is 6.21. The fourth-order valence-corrected chi connectivity index (χ4v) is 4.08. The maximum atomic E-state index is 3.72. The summed E-state index contributed by atoms with van der Waals surface area (Å²) in [7, 11) is 0. The van der Waals surface area contributed by atoms with Crippen LogP contribution in [0.4, 0.5) is 0 Å². The third-order valence-corrected chi connectivity index (χ3v) is 5.07. The highest BCUT2D eigenvalue weighted by Gasteiger charge is 2.33. The molecule has 100 valence electrons. The van der Waals surface area contributed by atoms with Gasteiger partial charge >= 0.3 is 0 Å². The molecule has 0 radical (unpaired) electrons. The first kappa shape index (κ1) is 14.4. The highest BCUT2D eigenvalue weighted by Crippen LogP contribution is 2.40. The zero-order valence-corrected chi connectivity index (χ0v) is 13.0. The summed E-state index contributed by atoms with van der Waals surface area (Å²) < 4.78 is 1.29. The quantitative estimate of drug-likeness (QED) is 0.704. The van der Waals surface area contributed by atoms with E-state index in [-0.39, 0.29) is 12.4 Å². The number of fused-ring (bicyclic) bond motifs is 1. The van der Waals surface area contributed by atoms with Crippen LogP contribution in [0.3, 0.4) is 0 Å². The van der Waals surface area contributed by atoms with E-state index in [0.29, 0.717) is 6.04 Å². The van der Waals surface area contributed by atoms with Gasteiger partial charge in [-0.25, -0.2) is 0 Å². The molecule has 3 rings (SSSR count). The van der Waals surface area contributed by atoms with Crippen LogP contribution in [0.15, 0.2) is 28.7 Å². The number of hydrogen-bond acceptors (Lipinski definition) is 1. The maximum Gasteiger partial charge on any atom is 0.0362 e. The van der Waals surface area contributed by atoms with E-state index in [1.807, 2.05) is 0 Å². The summed E-state index contributed by atoms with van der Waals surface area (Å²) in [6.45, 7) is 1.30. The molecule has 1 aromatic carbocycles. The van der Waals surface area contributed by atoms with Crippen LogP contribution >= 0.6 is 28.3 Å². The van der Waals surface area contributed by atoms with Gasteiger partial charge < -0.3 is 0 Å². The molecule has 0 amide bonds. The third-order valence-electron chi connectivity index (χ3n) is 4.35. The van der Waals surface area contributed by atoms with Crippen molar-refractivity contribution in [1.82, 2.24) is 4.90 Å². The van der Waals surface area contributed by atoms with Crippen molar-refractivity contribution >= 4 is 28.3 Å². The summed E-state index contributed by atoms with van der Waals surface area (Å²) in [5.74, 6) is 0. The summed E-state index contributed by atoms with van der Waals surface area (Å²) in [6.07, 6.45) is 8.38. The molecule has 2 aliphatic heterocycles. The van der Waals surface area contributed by atoms with Gasteiger partial charge in [-0.05, 0) is 50.3 Å². The molecule has 2 aliphatic rings. The molecule has 1 aromatic rings. The van der Waals surface area contributed by atoms with E-state index in [1.165, 1.54) is 55.1 Å². The van der Waals surface area contributed by atoms with E-state index in [2.05, 4.69) is 45.1 Å². The van der Waals surface area contributed by atoms with Crippen molar-refractivity contribution in [3.8, 4) is 0 Å². The lowest BCUT2D eigenvalue weighted by Gasteiger charge is -2.45. The van der Waals surface area contributed by atoms with Crippen molar-refractivity contribution in [3.63, 3.8) is 0 Å². The second-order valence-electron chi connectivity index (χ2n) is 5.36. The van der Waals surface area contributed by atoms with Crippen LogP contribution < -0.4 is 0 Å². The molecule has 0 aromatic heterocycles. The molecule has 0 spiro atoms. The van der Waals surface area contributed by atoms with Gasteiger partial charge in [-0.3, -0.25) is 4.90 Å². The monoisotopic (exact) mass is 329 g/mol. The number of rotatable bonds is 1. The Hall–Kier alpha value is -0.0500. The van der Waals surface area contributed by atoms with E-state index in [4.69, 9.17) is 0 Å². The lowest BCUT2D eigenvalue weighted by molar-refractivity contribution is 0.0515. The van der Waals surface area contributed by atoms with Crippen LogP contribution in [-0.2, 0) is 0 Å². The van der Waals surface area contributed by atoms with Crippen LogP contribution in [0.1, 0.15) is 50.1 Å². The van der Waals surface area contributed by atoms with Gasteiger partial charge in [-0.15, -0.1) is 12.4 Å². The van der Waals surface area contributed by atoms with Gasteiger partial charge in [0.25, 0.3) is 0 Å². The SMILES string of the molecule is Brc1ccccc1C1CCCC2CCCCN21.Cl. The van der Waals surface area contributed by atoms with Crippen LogP contribution in [-0.4, -0.2) is 17.5 Å². The molecule has 0 N–H and O–H groups in total. The smallest absolute Gasteiger partial charge is 0.0362 e. The Balaban J connectivity index is 0.00000120. The average molecular weight is 331 g/mol. The number of piperidine rings is 2. The summed E-state index contributed by atoms with van der Waals surface area (Å²) >= 11 is 3.72. The zero-order chi connectivity index (χ0) is 11.7.